The van der Waals surface area contributed by atoms with Gasteiger partial charge in [-0.05, 0) is 63.1 Å². The number of carbonyl (C=O) groups is 1. The number of halogens is 1. The largest absolute Gasteiger partial charge is 0.444 e. The maximum Gasteiger partial charge on any atom is 0.407 e. The minimum absolute atomic E-state index is 0.356. The summed E-state index contributed by atoms with van der Waals surface area (Å²) in [6.07, 6.45) is 2.91. The molecule has 0 saturated carbocycles. The molecule has 0 aliphatic carbocycles. The van der Waals surface area contributed by atoms with Crippen LogP contribution in [0.3, 0.4) is 0 Å². The second-order valence-electron chi connectivity index (χ2n) is 8.98. The second-order valence-corrected chi connectivity index (χ2v) is 9.42. The molecule has 0 unspecified atom stereocenters. The number of benzene rings is 1. The van der Waals surface area contributed by atoms with E-state index in [4.69, 9.17) is 16.3 Å². The summed E-state index contributed by atoms with van der Waals surface area (Å²) in [6.45, 7) is 6.46. The highest BCUT2D eigenvalue weighted by molar-refractivity contribution is 6.31. The van der Waals surface area contributed by atoms with Crippen molar-refractivity contribution in [2.24, 2.45) is 0 Å². The summed E-state index contributed by atoms with van der Waals surface area (Å²) in [7, 11) is 0. The molecule has 3 aromatic rings. The van der Waals surface area contributed by atoms with Crippen LogP contribution in [0.2, 0.25) is 5.02 Å². The summed E-state index contributed by atoms with van der Waals surface area (Å²) >= 11 is 6.29. The Hall–Kier alpha value is -2.90. The first kappa shape index (κ1) is 22.3. The lowest BCUT2D eigenvalue weighted by Crippen LogP contribution is -2.55. The van der Waals surface area contributed by atoms with Crippen LogP contribution in [0, 0.1) is 0 Å². The van der Waals surface area contributed by atoms with Crippen LogP contribution >= 0.6 is 11.6 Å². The lowest BCUT2D eigenvalue weighted by molar-refractivity contribution is 0.0402. The summed E-state index contributed by atoms with van der Waals surface area (Å²) in [5.74, 6) is 0.771. The molecule has 2 atom stereocenters. The van der Waals surface area contributed by atoms with Gasteiger partial charge in [0.2, 0.25) is 0 Å². The maximum atomic E-state index is 12.0. The molecule has 0 bridgehead atoms. The molecule has 3 heterocycles. The Morgan fingerprint density at radius 1 is 1.25 bits per heavy atom. The Labute approximate surface area is 192 Å². The molecule has 2 aromatic heterocycles. The zero-order chi connectivity index (χ0) is 22.9. The summed E-state index contributed by atoms with van der Waals surface area (Å²) in [4.78, 5) is 23.1. The Morgan fingerprint density at radius 3 is 2.75 bits per heavy atom. The Balaban J connectivity index is 1.45. The Morgan fingerprint density at radius 2 is 2.06 bits per heavy atom. The van der Waals surface area contributed by atoms with Gasteiger partial charge in [-0.2, -0.15) is 0 Å². The number of hydrogen-bond acceptors (Lipinski definition) is 6. The van der Waals surface area contributed by atoms with Crippen LogP contribution in [-0.4, -0.2) is 52.0 Å². The number of carbonyl (C=O) groups excluding carboxylic acids is 1. The number of alkyl carbamates (subject to hydrolysis) is 1. The minimum atomic E-state index is -0.722. The first-order valence-electron chi connectivity index (χ1n) is 10.6. The van der Waals surface area contributed by atoms with Gasteiger partial charge < -0.3 is 20.1 Å². The molecule has 1 fully saturated rings. The Kier molecular flexibility index (Phi) is 6.22. The molecule has 2 N–H and O–H groups in total. The van der Waals surface area contributed by atoms with Crippen molar-refractivity contribution >= 4 is 34.4 Å². The van der Waals surface area contributed by atoms with E-state index in [0.717, 1.165) is 27.8 Å². The number of β-amino-alcohol motifs (C(OH)–C–C–N with tert-alkyl or cyclic N) is 1. The maximum absolute atomic E-state index is 12.0. The molecule has 8 heteroatoms. The van der Waals surface area contributed by atoms with Crippen molar-refractivity contribution in [2.45, 2.75) is 44.9 Å². The monoisotopic (exact) mass is 454 g/mol. The molecule has 1 aliphatic rings. The van der Waals surface area contributed by atoms with Crippen molar-refractivity contribution < 1.29 is 14.6 Å². The van der Waals surface area contributed by atoms with Crippen molar-refractivity contribution in [3.63, 3.8) is 0 Å². The highest BCUT2D eigenvalue weighted by Gasteiger charge is 2.31. The molecule has 0 radical (unpaired) electrons. The van der Waals surface area contributed by atoms with E-state index in [1.165, 1.54) is 0 Å². The van der Waals surface area contributed by atoms with Gasteiger partial charge in [0.05, 0.1) is 17.7 Å². The van der Waals surface area contributed by atoms with Crippen molar-refractivity contribution in [3.05, 3.63) is 53.8 Å². The van der Waals surface area contributed by atoms with Crippen LogP contribution in [0.4, 0.5) is 10.6 Å². The molecule has 0 spiro atoms. The number of nitrogens with one attached hydrogen (secondary N) is 1. The van der Waals surface area contributed by atoms with E-state index in [2.05, 4.69) is 15.3 Å². The standard InChI is InChI=1S/C24H27ClN4O3/c1-24(2,3)32-23(31)28-19-8-10-29(14-21(19)30)22-7-6-15(13-27-22)18-11-16(25)12-20-17(18)5-4-9-26-20/h4-7,9,11-13,19,21,30H,8,10,14H2,1-3H3,(H,28,31)/t19-,21-/m0/s1. The van der Waals surface area contributed by atoms with E-state index in [9.17, 15) is 9.90 Å². The number of piperidine rings is 1. The Bertz CT molecular complexity index is 1110. The van der Waals surface area contributed by atoms with Gasteiger partial charge in [-0.25, -0.2) is 9.78 Å². The third kappa shape index (κ3) is 5.11. The number of hydrogen-bond donors (Lipinski definition) is 2. The number of aliphatic hydroxyl groups excluding tert-OH is 1. The molecule has 4 rings (SSSR count). The predicted octanol–water partition coefficient (Wildman–Crippen LogP) is 4.41. The second kappa shape index (κ2) is 8.92. The van der Waals surface area contributed by atoms with Gasteiger partial charge in [-0.15, -0.1) is 0 Å². The fourth-order valence-electron chi connectivity index (χ4n) is 3.89. The molecule has 7 nitrogen and oxygen atoms in total. The van der Waals surface area contributed by atoms with Gasteiger partial charge >= 0.3 is 6.09 Å². The average Bonchev–Trinajstić information content (AvgIpc) is 2.73. The van der Waals surface area contributed by atoms with Gasteiger partial charge in [-0.3, -0.25) is 4.98 Å². The third-order valence-electron chi connectivity index (χ3n) is 5.35. The van der Waals surface area contributed by atoms with E-state index >= 15 is 0 Å². The van der Waals surface area contributed by atoms with E-state index in [1.54, 1.807) is 6.20 Å². The normalized spacial score (nSPS) is 19.1. The number of pyridine rings is 2. The van der Waals surface area contributed by atoms with Crippen LogP contribution in [0.25, 0.3) is 22.0 Å². The third-order valence-corrected chi connectivity index (χ3v) is 5.57. The zero-order valence-corrected chi connectivity index (χ0v) is 19.1. The number of aromatic nitrogens is 2. The number of anilines is 1. The van der Waals surface area contributed by atoms with Crippen LogP contribution in [0.15, 0.2) is 48.8 Å². The van der Waals surface area contributed by atoms with Crippen molar-refractivity contribution in [1.29, 1.82) is 0 Å². The number of fused-ring (bicyclic) bond motifs is 1. The van der Waals surface area contributed by atoms with Crippen LogP contribution in [0.5, 0.6) is 0 Å². The molecule has 32 heavy (non-hydrogen) atoms. The van der Waals surface area contributed by atoms with Gasteiger partial charge in [0.1, 0.15) is 11.4 Å². The fraction of sp³-hybridized carbons (Fsp3) is 0.375. The highest BCUT2D eigenvalue weighted by Crippen LogP contribution is 2.31. The summed E-state index contributed by atoms with van der Waals surface area (Å²) in [6, 6.07) is 11.3. The average molecular weight is 455 g/mol. The van der Waals surface area contributed by atoms with Gasteiger partial charge in [-0.1, -0.05) is 17.7 Å². The summed E-state index contributed by atoms with van der Waals surface area (Å²) < 4.78 is 5.29. The van der Waals surface area contributed by atoms with Gasteiger partial charge in [0.25, 0.3) is 0 Å². The lowest BCUT2D eigenvalue weighted by Gasteiger charge is -2.37. The molecule has 168 valence electrons. The molecule has 1 aliphatic heterocycles. The van der Waals surface area contributed by atoms with Crippen LogP contribution in [0.1, 0.15) is 27.2 Å². The van der Waals surface area contributed by atoms with Crippen molar-refractivity contribution in [1.82, 2.24) is 15.3 Å². The van der Waals surface area contributed by atoms with E-state index < -0.39 is 17.8 Å². The predicted molar refractivity (Wildman–Crippen MR) is 126 cm³/mol. The van der Waals surface area contributed by atoms with Gasteiger partial charge in [0, 0.05) is 41.5 Å². The zero-order valence-electron chi connectivity index (χ0n) is 18.4. The van der Waals surface area contributed by atoms with E-state index in [0.29, 0.717) is 24.5 Å². The topological polar surface area (TPSA) is 87.6 Å². The number of rotatable bonds is 3. The first-order valence-corrected chi connectivity index (χ1v) is 11.0. The quantitative estimate of drug-likeness (QED) is 0.609. The molecular formula is C24H27ClN4O3. The van der Waals surface area contributed by atoms with E-state index in [-0.39, 0.29) is 6.04 Å². The van der Waals surface area contributed by atoms with E-state index in [1.807, 2.05) is 68.3 Å². The lowest BCUT2D eigenvalue weighted by atomic mass is 10.0. The molecular weight excluding hydrogens is 428 g/mol. The first-order chi connectivity index (χ1) is 15.2. The summed E-state index contributed by atoms with van der Waals surface area (Å²) in [5, 5.41) is 15.0. The molecule has 1 saturated heterocycles. The summed E-state index contributed by atoms with van der Waals surface area (Å²) in [5.41, 5.74) is 2.17. The number of ether oxygens (including phenoxy) is 1. The van der Waals surface area contributed by atoms with Crippen molar-refractivity contribution in [3.8, 4) is 11.1 Å². The molecule has 1 amide bonds. The number of amides is 1. The number of aliphatic hydroxyl groups is 1. The highest BCUT2D eigenvalue weighted by atomic mass is 35.5. The molecule has 1 aromatic carbocycles. The fourth-order valence-corrected chi connectivity index (χ4v) is 4.10. The number of nitrogens with zero attached hydrogens (tertiary/aromatic N) is 3. The van der Waals surface area contributed by atoms with Crippen LogP contribution in [-0.2, 0) is 4.74 Å². The van der Waals surface area contributed by atoms with Gasteiger partial charge in [0.15, 0.2) is 0 Å². The SMILES string of the molecule is CC(C)(C)OC(=O)N[C@H]1CCN(c2ccc(-c3cc(Cl)cc4ncccc34)cn2)C[C@@H]1O. The van der Waals surface area contributed by atoms with Crippen molar-refractivity contribution in [2.75, 3.05) is 18.0 Å². The van der Waals surface area contributed by atoms with Crippen LogP contribution < -0.4 is 10.2 Å². The minimum Gasteiger partial charge on any atom is -0.444 e. The smallest absolute Gasteiger partial charge is 0.407 e.